The second-order valence-corrected chi connectivity index (χ2v) is 10.9. The molecule has 0 saturated heterocycles. The highest BCUT2D eigenvalue weighted by Gasteiger charge is 1.89. The first-order chi connectivity index (χ1) is 8.83. The number of unbranched alkanes of at least 4 members (excludes halogenated alkanes) is 3. The zero-order valence-electron chi connectivity index (χ0n) is 11.6. The van der Waals surface area contributed by atoms with Gasteiger partial charge in [0.2, 0.25) is 0 Å². The van der Waals surface area contributed by atoms with Crippen molar-refractivity contribution in [2.24, 2.45) is 0 Å². The Labute approximate surface area is 145 Å². The standard InChI is InChI=1S/C5H12.C4H9Cl.2Cl2O2S/c1-3-5-4-2;1-2-3-4-5;2*1-5(2,3)4/h3-5H2,1-2H3;2-4H2,1H3;;. The van der Waals surface area contributed by atoms with Gasteiger partial charge in [-0.05, 0) is 6.42 Å². The average Bonchev–Trinajstić information content (AvgIpc) is 2.15. The fraction of sp³-hybridized carbons (Fsp3) is 1.00. The smallest absolute Gasteiger partial charge is 0.195 e. The Balaban J connectivity index is -0.0000000853. The molecule has 0 aliphatic heterocycles. The van der Waals surface area contributed by atoms with Crippen molar-refractivity contribution in [2.45, 2.75) is 52.9 Å². The minimum absolute atomic E-state index is 0.816. The molecule has 0 heterocycles. The van der Waals surface area contributed by atoms with Gasteiger partial charge in [0.05, 0.1) is 0 Å². The van der Waals surface area contributed by atoms with Crippen LogP contribution in [-0.4, -0.2) is 22.7 Å². The molecule has 0 saturated carbocycles. The van der Waals surface area contributed by atoms with Crippen molar-refractivity contribution in [2.75, 3.05) is 5.88 Å². The molecule has 0 spiro atoms. The van der Waals surface area contributed by atoms with Gasteiger partial charge >= 0.3 is 16.5 Å². The van der Waals surface area contributed by atoms with Crippen LogP contribution in [-0.2, 0) is 16.5 Å². The molecule has 4 nitrogen and oxygen atoms in total. The lowest BCUT2D eigenvalue weighted by molar-refractivity contribution is 0.620. The van der Waals surface area contributed by atoms with Gasteiger partial charge < -0.3 is 0 Å². The molecular weight excluding hydrogens is 413 g/mol. The van der Waals surface area contributed by atoms with Crippen molar-refractivity contribution in [3.05, 3.63) is 0 Å². The maximum Gasteiger partial charge on any atom is 0.317 e. The van der Waals surface area contributed by atoms with Crippen LogP contribution in [0, 0.1) is 0 Å². The van der Waals surface area contributed by atoms with E-state index in [1.54, 1.807) is 0 Å². The van der Waals surface area contributed by atoms with Crippen LogP contribution in [0.3, 0.4) is 0 Å². The minimum Gasteiger partial charge on any atom is -0.195 e. The maximum absolute atomic E-state index is 9.16. The second-order valence-electron chi connectivity index (χ2n) is 3.15. The molecule has 0 radical (unpaired) electrons. The van der Waals surface area contributed by atoms with Crippen LogP contribution in [0.2, 0.25) is 0 Å². The minimum atomic E-state index is -3.72. The first-order valence-electron chi connectivity index (χ1n) is 5.67. The lowest BCUT2D eigenvalue weighted by atomic mass is 10.3. The van der Waals surface area contributed by atoms with Crippen LogP contribution in [0.1, 0.15) is 52.9 Å². The van der Waals surface area contributed by atoms with Crippen LogP contribution in [0.25, 0.3) is 0 Å². The monoisotopic (exact) mass is 432 g/mol. The van der Waals surface area contributed by atoms with Crippen molar-refractivity contribution in [3.8, 4) is 0 Å². The molecule has 0 aromatic carbocycles. The van der Waals surface area contributed by atoms with Crippen molar-refractivity contribution in [1.82, 2.24) is 0 Å². The van der Waals surface area contributed by atoms with E-state index in [9.17, 15) is 0 Å². The summed E-state index contributed by atoms with van der Waals surface area (Å²) in [4.78, 5) is 0. The number of alkyl halides is 1. The molecule has 20 heavy (non-hydrogen) atoms. The molecule has 0 fully saturated rings. The summed E-state index contributed by atoms with van der Waals surface area (Å²) in [6.07, 6.45) is 6.44. The molecule has 0 unspecified atom stereocenters. The third kappa shape index (κ3) is 228. The third-order valence-electron chi connectivity index (χ3n) is 1.19. The van der Waals surface area contributed by atoms with E-state index < -0.39 is 16.5 Å². The molecule has 0 N–H and O–H groups in total. The molecule has 0 aliphatic carbocycles. The van der Waals surface area contributed by atoms with Gasteiger partial charge in [-0.1, -0.05) is 46.5 Å². The Hall–Kier alpha value is 1.35. The summed E-state index contributed by atoms with van der Waals surface area (Å²) < 4.78 is 36.7. The van der Waals surface area contributed by atoms with Gasteiger partial charge in [-0.25, -0.2) is 0 Å². The SMILES string of the molecule is CCCCC.CCCCCl.O=S(=O)(Cl)Cl.O=S(=O)(Cl)Cl. The molecule has 0 amide bonds. The van der Waals surface area contributed by atoms with E-state index >= 15 is 0 Å². The quantitative estimate of drug-likeness (QED) is 0.424. The van der Waals surface area contributed by atoms with Gasteiger partial charge in [-0.15, -0.1) is 11.6 Å². The summed E-state index contributed by atoms with van der Waals surface area (Å²) in [5, 5.41) is 0. The predicted octanol–water partition coefficient (Wildman–Crippen LogP) is 5.64. The van der Waals surface area contributed by atoms with Crippen LogP contribution >= 0.6 is 54.3 Å². The van der Waals surface area contributed by atoms with Crippen molar-refractivity contribution in [3.63, 3.8) is 0 Å². The Morgan fingerprint density at radius 2 is 0.850 bits per heavy atom. The molecule has 128 valence electrons. The van der Waals surface area contributed by atoms with Gasteiger partial charge in [0.25, 0.3) is 0 Å². The molecule has 0 aliphatic rings. The van der Waals surface area contributed by atoms with E-state index in [0.717, 1.165) is 12.3 Å². The maximum atomic E-state index is 9.16. The average molecular weight is 435 g/mol. The largest absolute Gasteiger partial charge is 0.317 e. The van der Waals surface area contributed by atoms with Gasteiger partial charge in [0.1, 0.15) is 0 Å². The fourth-order valence-electron chi connectivity index (χ4n) is 0.487. The van der Waals surface area contributed by atoms with Gasteiger partial charge in [-0.2, -0.15) is 16.8 Å². The molecule has 0 aromatic heterocycles. The number of hydrogen-bond donors (Lipinski definition) is 0. The van der Waals surface area contributed by atoms with Crippen molar-refractivity contribution < 1.29 is 16.8 Å². The first-order valence-corrected chi connectivity index (χ1v) is 12.5. The van der Waals surface area contributed by atoms with E-state index in [2.05, 4.69) is 63.5 Å². The fourth-order valence-corrected chi connectivity index (χ4v) is 0.754. The van der Waals surface area contributed by atoms with Crippen LogP contribution in [0.4, 0.5) is 0 Å². The topological polar surface area (TPSA) is 68.3 Å². The summed E-state index contributed by atoms with van der Waals surface area (Å²) >= 11 is 5.30. The predicted molar refractivity (Wildman–Crippen MR) is 92.1 cm³/mol. The van der Waals surface area contributed by atoms with Crippen LogP contribution in [0.5, 0.6) is 0 Å². The Kier molecular flexibility index (Phi) is 29.9. The van der Waals surface area contributed by atoms with Crippen molar-refractivity contribution in [1.29, 1.82) is 0 Å². The highest BCUT2D eigenvalue weighted by atomic mass is 36.0. The van der Waals surface area contributed by atoms with Gasteiger partial charge in [0.15, 0.2) is 0 Å². The Morgan fingerprint density at radius 3 is 0.850 bits per heavy atom. The highest BCUT2D eigenvalue weighted by molar-refractivity contribution is 8.31. The van der Waals surface area contributed by atoms with E-state index in [0.29, 0.717) is 0 Å². The first kappa shape index (κ1) is 29.4. The number of hydrogen-bond acceptors (Lipinski definition) is 4. The highest BCUT2D eigenvalue weighted by Crippen LogP contribution is 1.99. The van der Waals surface area contributed by atoms with Crippen LogP contribution in [0.15, 0.2) is 0 Å². The van der Waals surface area contributed by atoms with Gasteiger partial charge in [0, 0.05) is 48.6 Å². The zero-order valence-corrected chi connectivity index (χ0v) is 17.0. The second kappa shape index (κ2) is 20.3. The Bertz CT molecular complexity index is 301. The molecule has 11 heteroatoms. The van der Waals surface area contributed by atoms with Gasteiger partial charge in [-0.3, -0.25) is 0 Å². The summed E-state index contributed by atoms with van der Waals surface area (Å²) in [6, 6.07) is 0. The van der Waals surface area contributed by atoms with E-state index in [1.165, 1.54) is 25.7 Å². The molecule has 0 atom stereocenters. The summed E-state index contributed by atoms with van der Waals surface area (Å²) in [5.74, 6) is 0.816. The normalized spacial score (nSPS) is 10.0. The number of rotatable bonds is 4. The summed E-state index contributed by atoms with van der Waals surface area (Å²) in [7, 11) is 9.63. The lowest BCUT2D eigenvalue weighted by Crippen LogP contribution is -1.65. The van der Waals surface area contributed by atoms with Crippen LogP contribution < -0.4 is 0 Å². The summed E-state index contributed by atoms with van der Waals surface area (Å²) in [6.45, 7) is 6.55. The summed E-state index contributed by atoms with van der Waals surface area (Å²) in [5.41, 5.74) is 0. The molecule has 0 rings (SSSR count). The van der Waals surface area contributed by atoms with Crippen molar-refractivity contribution >= 4 is 70.9 Å². The van der Waals surface area contributed by atoms with E-state index in [1.807, 2.05) is 0 Å². The molecule has 0 aromatic rings. The molecular formula is C9H21Cl5O4S2. The molecule has 0 bridgehead atoms. The van der Waals surface area contributed by atoms with E-state index in [4.69, 9.17) is 28.4 Å². The number of halogens is 5. The zero-order chi connectivity index (χ0) is 17.2. The Morgan fingerprint density at radius 1 is 0.650 bits per heavy atom. The third-order valence-corrected chi connectivity index (χ3v) is 1.46. The lowest BCUT2D eigenvalue weighted by Gasteiger charge is -1.79. The van der Waals surface area contributed by atoms with E-state index in [-0.39, 0.29) is 0 Å².